The number of rotatable bonds is 2. The van der Waals surface area contributed by atoms with Crippen LogP contribution in [-0.2, 0) is 7.05 Å². The van der Waals surface area contributed by atoms with Crippen molar-refractivity contribution >= 4 is 0 Å². The van der Waals surface area contributed by atoms with E-state index in [-0.39, 0.29) is 0 Å². The fourth-order valence-electron chi connectivity index (χ4n) is 1.73. The Hall–Kier alpha value is -2.50. The molecule has 3 aromatic rings. The zero-order valence-corrected chi connectivity index (χ0v) is 9.20. The Balaban J connectivity index is 1.99. The van der Waals surface area contributed by atoms with Gasteiger partial charge in [0.1, 0.15) is 0 Å². The Morgan fingerprint density at radius 1 is 1.06 bits per heavy atom. The van der Waals surface area contributed by atoms with E-state index in [4.69, 9.17) is 0 Å². The Morgan fingerprint density at radius 2 is 1.82 bits per heavy atom. The lowest BCUT2D eigenvalue weighted by molar-refractivity contribution is 0.776. The van der Waals surface area contributed by atoms with E-state index >= 15 is 0 Å². The second kappa shape index (κ2) is 3.82. The van der Waals surface area contributed by atoms with Crippen LogP contribution in [0.4, 0.5) is 0 Å². The highest BCUT2D eigenvalue weighted by molar-refractivity contribution is 5.64. The average molecular weight is 226 g/mol. The van der Waals surface area contributed by atoms with Gasteiger partial charge in [0.25, 0.3) is 0 Å². The molecule has 0 atom stereocenters. The van der Waals surface area contributed by atoms with Gasteiger partial charge in [-0.15, -0.1) is 10.2 Å². The molecule has 2 heterocycles. The maximum Gasteiger partial charge on any atom is 0.204 e. The van der Waals surface area contributed by atoms with Gasteiger partial charge in [-0.2, -0.15) is 10.3 Å². The lowest BCUT2D eigenvalue weighted by atomic mass is 10.1. The average Bonchev–Trinajstić information content (AvgIpc) is 3.00. The maximum absolute atomic E-state index is 4.14. The molecule has 0 aliphatic heterocycles. The number of benzene rings is 1. The quantitative estimate of drug-likeness (QED) is 0.714. The lowest BCUT2D eigenvalue weighted by Gasteiger charge is -2.02. The Morgan fingerprint density at radius 3 is 2.41 bits per heavy atom. The molecule has 0 bridgehead atoms. The van der Waals surface area contributed by atoms with E-state index in [0.29, 0.717) is 5.82 Å². The first-order valence-corrected chi connectivity index (χ1v) is 5.17. The highest BCUT2D eigenvalue weighted by Gasteiger charge is 2.05. The van der Waals surface area contributed by atoms with E-state index in [1.165, 1.54) is 0 Å². The van der Waals surface area contributed by atoms with Gasteiger partial charge in [0, 0.05) is 18.8 Å². The standard InChI is InChI=1S/C11H10N6/c1-17-10(6-7-12-17)8-2-4-9(5-3-8)11-13-15-16-14-11/h2-7H,1H3,(H,13,14,15,16). The molecule has 0 fully saturated rings. The van der Waals surface area contributed by atoms with Crippen LogP contribution >= 0.6 is 0 Å². The topological polar surface area (TPSA) is 72.3 Å². The number of hydrogen-bond donors (Lipinski definition) is 1. The second-order valence-corrected chi connectivity index (χ2v) is 3.65. The molecule has 0 aliphatic rings. The Labute approximate surface area is 97.3 Å². The second-order valence-electron chi connectivity index (χ2n) is 3.65. The van der Waals surface area contributed by atoms with Crippen molar-refractivity contribution in [3.8, 4) is 22.6 Å². The summed E-state index contributed by atoms with van der Waals surface area (Å²) in [7, 11) is 1.92. The Bertz CT molecular complexity index is 608. The molecule has 0 aliphatic carbocycles. The van der Waals surface area contributed by atoms with Gasteiger partial charge in [0.2, 0.25) is 5.82 Å². The molecular weight excluding hydrogens is 216 g/mol. The Kier molecular flexibility index (Phi) is 2.18. The van der Waals surface area contributed by atoms with E-state index < -0.39 is 0 Å². The van der Waals surface area contributed by atoms with E-state index in [1.54, 1.807) is 6.20 Å². The summed E-state index contributed by atoms with van der Waals surface area (Å²) < 4.78 is 1.84. The van der Waals surface area contributed by atoms with Crippen molar-refractivity contribution < 1.29 is 0 Å². The van der Waals surface area contributed by atoms with Crippen molar-refractivity contribution in [3.63, 3.8) is 0 Å². The summed E-state index contributed by atoms with van der Waals surface area (Å²) in [6.45, 7) is 0. The summed E-state index contributed by atoms with van der Waals surface area (Å²) in [6.07, 6.45) is 1.78. The molecule has 0 saturated heterocycles. The number of nitrogens with zero attached hydrogens (tertiary/aromatic N) is 5. The summed E-state index contributed by atoms with van der Waals surface area (Å²) in [5.74, 6) is 0.599. The summed E-state index contributed by atoms with van der Waals surface area (Å²) in [6, 6.07) is 9.94. The first-order chi connectivity index (χ1) is 8.34. The van der Waals surface area contributed by atoms with Crippen molar-refractivity contribution in [2.75, 3.05) is 0 Å². The molecule has 0 radical (unpaired) electrons. The molecule has 0 saturated carbocycles. The molecule has 1 aromatic carbocycles. The van der Waals surface area contributed by atoms with Gasteiger partial charge in [-0.3, -0.25) is 4.68 Å². The highest BCUT2D eigenvalue weighted by Crippen LogP contribution is 2.21. The van der Waals surface area contributed by atoms with Gasteiger partial charge in [0.05, 0.1) is 5.69 Å². The summed E-state index contributed by atoms with van der Waals surface area (Å²) in [5.41, 5.74) is 3.12. The molecule has 6 nitrogen and oxygen atoms in total. The third kappa shape index (κ3) is 1.69. The zero-order chi connectivity index (χ0) is 11.7. The molecule has 0 spiro atoms. The van der Waals surface area contributed by atoms with Crippen LogP contribution in [0.1, 0.15) is 0 Å². The maximum atomic E-state index is 4.14. The molecule has 1 N–H and O–H groups in total. The lowest BCUT2D eigenvalue weighted by Crippen LogP contribution is -1.93. The number of nitrogens with one attached hydrogen (secondary N) is 1. The van der Waals surface area contributed by atoms with Crippen LogP contribution in [0.5, 0.6) is 0 Å². The monoisotopic (exact) mass is 226 g/mol. The first-order valence-electron chi connectivity index (χ1n) is 5.17. The minimum atomic E-state index is 0.599. The van der Waals surface area contributed by atoms with Crippen LogP contribution in [0, 0.1) is 0 Å². The first kappa shape index (κ1) is 9.71. The molecule has 17 heavy (non-hydrogen) atoms. The molecule has 84 valence electrons. The fraction of sp³-hybridized carbons (Fsp3) is 0.0909. The molecule has 3 rings (SSSR count). The van der Waals surface area contributed by atoms with E-state index in [9.17, 15) is 0 Å². The van der Waals surface area contributed by atoms with Gasteiger partial charge < -0.3 is 0 Å². The number of aryl methyl sites for hydroxylation is 1. The van der Waals surface area contributed by atoms with E-state index in [1.807, 2.05) is 42.1 Å². The predicted molar refractivity (Wildman–Crippen MR) is 61.8 cm³/mol. The minimum Gasteiger partial charge on any atom is -0.268 e. The van der Waals surface area contributed by atoms with Gasteiger partial charge >= 0.3 is 0 Å². The van der Waals surface area contributed by atoms with E-state index in [2.05, 4.69) is 25.7 Å². The van der Waals surface area contributed by atoms with E-state index in [0.717, 1.165) is 16.8 Å². The van der Waals surface area contributed by atoms with Crippen LogP contribution in [0.2, 0.25) is 0 Å². The van der Waals surface area contributed by atoms with Crippen LogP contribution in [0.15, 0.2) is 36.5 Å². The van der Waals surface area contributed by atoms with Crippen molar-refractivity contribution in [2.24, 2.45) is 7.05 Å². The zero-order valence-electron chi connectivity index (χ0n) is 9.20. The summed E-state index contributed by atoms with van der Waals surface area (Å²) >= 11 is 0. The normalized spacial score (nSPS) is 10.6. The third-order valence-corrected chi connectivity index (χ3v) is 2.61. The van der Waals surface area contributed by atoms with Crippen molar-refractivity contribution in [2.45, 2.75) is 0 Å². The SMILES string of the molecule is Cn1nccc1-c1ccc(-c2nn[nH]n2)cc1. The van der Waals surface area contributed by atoms with Gasteiger partial charge in [0.15, 0.2) is 0 Å². The number of tetrazole rings is 1. The molecule has 0 amide bonds. The molecule has 6 heteroatoms. The highest BCUT2D eigenvalue weighted by atomic mass is 15.5. The van der Waals surface area contributed by atoms with Crippen LogP contribution < -0.4 is 0 Å². The van der Waals surface area contributed by atoms with Crippen molar-refractivity contribution in [1.29, 1.82) is 0 Å². The largest absolute Gasteiger partial charge is 0.268 e. The smallest absolute Gasteiger partial charge is 0.204 e. The van der Waals surface area contributed by atoms with Crippen LogP contribution in [-0.4, -0.2) is 30.4 Å². The number of aromatic nitrogens is 6. The minimum absolute atomic E-state index is 0.599. The van der Waals surface area contributed by atoms with Crippen LogP contribution in [0.3, 0.4) is 0 Å². The predicted octanol–water partition coefficient (Wildman–Crippen LogP) is 1.27. The summed E-state index contributed by atoms with van der Waals surface area (Å²) in [4.78, 5) is 0. The molecular formula is C11H10N6. The third-order valence-electron chi connectivity index (χ3n) is 2.61. The number of H-pyrrole nitrogens is 1. The molecule has 0 unspecified atom stereocenters. The van der Waals surface area contributed by atoms with Crippen molar-refractivity contribution in [1.82, 2.24) is 30.4 Å². The van der Waals surface area contributed by atoms with Gasteiger partial charge in [-0.1, -0.05) is 24.3 Å². The van der Waals surface area contributed by atoms with Crippen LogP contribution in [0.25, 0.3) is 22.6 Å². The number of aromatic amines is 1. The summed E-state index contributed by atoms with van der Waals surface area (Å²) in [5, 5.41) is 18.0. The molecule has 2 aromatic heterocycles. The van der Waals surface area contributed by atoms with Crippen molar-refractivity contribution in [3.05, 3.63) is 36.5 Å². The van der Waals surface area contributed by atoms with Gasteiger partial charge in [-0.05, 0) is 16.8 Å². The fourth-order valence-corrected chi connectivity index (χ4v) is 1.73. The number of hydrogen-bond acceptors (Lipinski definition) is 4. The van der Waals surface area contributed by atoms with Gasteiger partial charge in [-0.25, -0.2) is 0 Å².